The third-order valence-electron chi connectivity index (χ3n) is 3.59. The van der Waals surface area contributed by atoms with E-state index in [0.717, 1.165) is 5.56 Å². The van der Waals surface area contributed by atoms with Gasteiger partial charge in [-0.1, -0.05) is 53.5 Å². The highest BCUT2D eigenvalue weighted by atomic mass is 35.5. The van der Waals surface area contributed by atoms with Crippen molar-refractivity contribution in [1.29, 1.82) is 0 Å². The van der Waals surface area contributed by atoms with Crippen molar-refractivity contribution in [2.45, 2.75) is 25.4 Å². The number of carbonyl (C=O) groups is 2. The summed E-state index contributed by atoms with van der Waals surface area (Å²) in [4.78, 5) is 23.7. The van der Waals surface area contributed by atoms with Crippen LogP contribution in [0.2, 0.25) is 10.0 Å². The first-order valence-corrected chi connectivity index (χ1v) is 8.41. The SMILES string of the molecule is C[C@H](Nc1ccc(Cl)c(Cl)c1)C(=O)N[C@@H](Cc1ccccc1)C(=O)O. The second-order valence-corrected chi connectivity index (χ2v) is 6.40. The molecule has 2 aromatic carbocycles. The molecule has 0 aliphatic carbocycles. The quantitative estimate of drug-likeness (QED) is 0.685. The summed E-state index contributed by atoms with van der Waals surface area (Å²) in [6.07, 6.45) is 0.210. The van der Waals surface area contributed by atoms with Crippen LogP contribution in [0, 0.1) is 0 Å². The van der Waals surface area contributed by atoms with Crippen molar-refractivity contribution in [1.82, 2.24) is 5.32 Å². The molecule has 0 unspecified atom stereocenters. The largest absolute Gasteiger partial charge is 0.480 e. The second kappa shape index (κ2) is 8.74. The van der Waals surface area contributed by atoms with Crippen LogP contribution < -0.4 is 10.6 Å². The highest BCUT2D eigenvalue weighted by Crippen LogP contribution is 2.25. The highest BCUT2D eigenvalue weighted by molar-refractivity contribution is 6.42. The second-order valence-electron chi connectivity index (χ2n) is 5.58. The highest BCUT2D eigenvalue weighted by Gasteiger charge is 2.23. The Morgan fingerprint density at radius 1 is 1.08 bits per heavy atom. The predicted molar refractivity (Wildman–Crippen MR) is 99.3 cm³/mol. The zero-order chi connectivity index (χ0) is 18.4. The third kappa shape index (κ3) is 5.66. The average Bonchev–Trinajstić information content (AvgIpc) is 2.58. The van der Waals surface area contributed by atoms with Gasteiger partial charge in [-0.25, -0.2) is 4.79 Å². The van der Waals surface area contributed by atoms with Gasteiger partial charge in [0, 0.05) is 12.1 Å². The number of rotatable bonds is 7. The van der Waals surface area contributed by atoms with Gasteiger partial charge in [-0.3, -0.25) is 4.79 Å². The summed E-state index contributed by atoms with van der Waals surface area (Å²) in [5.74, 6) is -1.51. The van der Waals surface area contributed by atoms with E-state index in [-0.39, 0.29) is 6.42 Å². The molecule has 0 saturated carbocycles. The van der Waals surface area contributed by atoms with Crippen molar-refractivity contribution in [3.05, 3.63) is 64.1 Å². The molecule has 0 radical (unpaired) electrons. The standard InChI is InChI=1S/C18H18Cl2N2O3/c1-11(21-13-7-8-14(19)15(20)10-13)17(23)22-16(18(24)25)9-12-5-3-2-4-6-12/h2-8,10-11,16,21H,9H2,1H3,(H,22,23)(H,24,25)/t11-,16-/m0/s1. The van der Waals surface area contributed by atoms with E-state index in [4.69, 9.17) is 23.2 Å². The van der Waals surface area contributed by atoms with Gasteiger partial charge in [0.1, 0.15) is 12.1 Å². The molecule has 0 spiro atoms. The Hall–Kier alpha value is -2.24. The fourth-order valence-electron chi connectivity index (χ4n) is 2.25. The Bertz CT molecular complexity index is 753. The number of carboxylic acid groups (broad SMARTS) is 1. The van der Waals surface area contributed by atoms with Crippen LogP contribution in [0.3, 0.4) is 0 Å². The molecule has 5 nitrogen and oxygen atoms in total. The van der Waals surface area contributed by atoms with E-state index < -0.39 is 24.0 Å². The lowest BCUT2D eigenvalue weighted by atomic mass is 10.1. The van der Waals surface area contributed by atoms with Crippen molar-refractivity contribution in [2.24, 2.45) is 0 Å². The van der Waals surface area contributed by atoms with E-state index in [0.29, 0.717) is 15.7 Å². The number of anilines is 1. The van der Waals surface area contributed by atoms with Gasteiger partial charge in [-0.15, -0.1) is 0 Å². The molecule has 7 heteroatoms. The number of nitrogens with one attached hydrogen (secondary N) is 2. The molecule has 25 heavy (non-hydrogen) atoms. The lowest BCUT2D eigenvalue weighted by Crippen LogP contribution is -2.47. The minimum absolute atomic E-state index is 0.210. The monoisotopic (exact) mass is 380 g/mol. The van der Waals surface area contributed by atoms with Crippen molar-refractivity contribution >= 4 is 40.8 Å². The lowest BCUT2D eigenvalue weighted by molar-refractivity contribution is -0.141. The summed E-state index contributed by atoms with van der Waals surface area (Å²) < 4.78 is 0. The number of hydrogen-bond donors (Lipinski definition) is 3. The molecule has 0 heterocycles. The van der Waals surface area contributed by atoms with Crippen LogP contribution in [-0.2, 0) is 16.0 Å². The van der Waals surface area contributed by atoms with Crippen molar-refractivity contribution in [2.75, 3.05) is 5.32 Å². The Kier molecular flexibility index (Phi) is 6.67. The zero-order valence-electron chi connectivity index (χ0n) is 13.5. The van der Waals surface area contributed by atoms with E-state index in [1.807, 2.05) is 30.3 Å². The van der Waals surface area contributed by atoms with Crippen LogP contribution in [0.15, 0.2) is 48.5 Å². The fraction of sp³-hybridized carbons (Fsp3) is 0.222. The molecular weight excluding hydrogens is 363 g/mol. The van der Waals surface area contributed by atoms with Crippen molar-refractivity contribution in [3.63, 3.8) is 0 Å². The number of halogens is 2. The number of carboxylic acids is 1. The maximum atomic E-state index is 12.3. The smallest absolute Gasteiger partial charge is 0.326 e. The molecule has 1 amide bonds. The van der Waals surface area contributed by atoms with E-state index in [1.165, 1.54) is 0 Å². The maximum absolute atomic E-state index is 12.3. The molecule has 2 rings (SSSR count). The topological polar surface area (TPSA) is 78.4 Å². The first kappa shape index (κ1) is 19.1. The Morgan fingerprint density at radius 3 is 2.36 bits per heavy atom. The number of carbonyl (C=O) groups excluding carboxylic acids is 1. The van der Waals surface area contributed by atoms with Crippen LogP contribution in [0.5, 0.6) is 0 Å². The van der Waals surface area contributed by atoms with E-state index in [1.54, 1.807) is 25.1 Å². The zero-order valence-corrected chi connectivity index (χ0v) is 15.0. The van der Waals surface area contributed by atoms with Crippen LogP contribution in [0.4, 0.5) is 5.69 Å². The van der Waals surface area contributed by atoms with Gasteiger partial charge in [0.25, 0.3) is 0 Å². The number of benzene rings is 2. The van der Waals surface area contributed by atoms with Crippen molar-refractivity contribution in [3.8, 4) is 0 Å². The normalized spacial score (nSPS) is 12.9. The van der Waals surface area contributed by atoms with Crippen molar-refractivity contribution < 1.29 is 14.7 Å². The van der Waals surface area contributed by atoms with Gasteiger partial charge < -0.3 is 15.7 Å². The van der Waals surface area contributed by atoms with Crippen LogP contribution in [0.1, 0.15) is 12.5 Å². The Labute approximate surface area is 156 Å². The third-order valence-corrected chi connectivity index (χ3v) is 4.33. The summed E-state index contributed by atoms with van der Waals surface area (Å²) in [7, 11) is 0. The molecule has 2 atom stereocenters. The Morgan fingerprint density at radius 2 is 1.76 bits per heavy atom. The lowest BCUT2D eigenvalue weighted by Gasteiger charge is -2.19. The van der Waals surface area contributed by atoms with Crippen LogP contribution in [-0.4, -0.2) is 29.1 Å². The molecule has 0 fully saturated rings. The molecule has 0 bridgehead atoms. The van der Waals surface area contributed by atoms with E-state index in [9.17, 15) is 14.7 Å². The van der Waals surface area contributed by atoms with Gasteiger partial charge in [0.15, 0.2) is 0 Å². The minimum Gasteiger partial charge on any atom is -0.480 e. The summed E-state index contributed by atoms with van der Waals surface area (Å²) in [6, 6.07) is 12.4. The molecule has 0 aromatic heterocycles. The molecule has 3 N–H and O–H groups in total. The predicted octanol–water partition coefficient (Wildman–Crippen LogP) is 3.61. The first-order chi connectivity index (χ1) is 11.9. The minimum atomic E-state index is -1.08. The van der Waals surface area contributed by atoms with Crippen LogP contribution >= 0.6 is 23.2 Å². The van der Waals surface area contributed by atoms with Gasteiger partial charge in [0.2, 0.25) is 5.91 Å². The summed E-state index contributed by atoms with van der Waals surface area (Å²) in [5.41, 5.74) is 1.45. The number of hydrogen-bond acceptors (Lipinski definition) is 3. The number of aliphatic carboxylic acids is 1. The maximum Gasteiger partial charge on any atom is 0.326 e. The summed E-state index contributed by atoms with van der Waals surface area (Å²) in [5, 5.41) is 15.7. The van der Waals surface area contributed by atoms with E-state index >= 15 is 0 Å². The van der Waals surface area contributed by atoms with Crippen LogP contribution in [0.25, 0.3) is 0 Å². The Balaban J connectivity index is 1.99. The van der Waals surface area contributed by atoms with Gasteiger partial charge in [-0.2, -0.15) is 0 Å². The van der Waals surface area contributed by atoms with Gasteiger partial charge >= 0.3 is 5.97 Å². The summed E-state index contributed by atoms with van der Waals surface area (Å²) in [6.45, 7) is 1.64. The first-order valence-electron chi connectivity index (χ1n) is 7.65. The molecule has 0 aliphatic heterocycles. The van der Waals surface area contributed by atoms with Gasteiger partial charge in [0.05, 0.1) is 10.0 Å². The number of amides is 1. The molecule has 132 valence electrons. The molecular formula is C18H18Cl2N2O3. The summed E-state index contributed by atoms with van der Waals surface area (Å²) >= 11 is 11.8. The van der Waals surface area contributed by atoms with Gasteiger partial charge in [-0.05, 0) is 30.7 Å². The molecule has 2 aromatic rings. The van der Waals surface area contributed by atoms with E-state index in [2.05, 4.69) is 10.6 Å². The fourth-order valence-corrected chi connectivity index (χ4v) is 2.55. The molecule has 0 saturated heterocycles. The average molecular weight is 381 g/mol. The molecule has 0 aliphatic rings.